The Kier molecular flexibility index (Phi) is 3.68. The lowest BCUT2D eigenvalue weighted by Crippen LogP contribution is -2.49. The second-order valence-corrected chi connectivity index (χ2v) is 5.76. The van der Waals surface area contributed by atoms with Crippen molar-refractivity contribution in [3.8, 4) is 0 Å². The molecule has 2 nitrogen and oxygen atoms in total. The van der Waals surface area contributed by atoms with Gasteiger partial charge in [0, 0.05) is 11.6 Å². The SMILES string of the molecule is CN1CCCCC1CCNC1(C)CCC1. The molecule has 2 aliphatic rings. The molecule has 1 heterocycles. The highest BCUT2D eigenvalue weighted by Gasteiger charge is 2.31. The number of hydrogen-bond acceptors (Lipinski definition) is 2. The summed E-state index contributed by atoms with van der Waals surface area (Å²) in [5, 5.41) is 3.74. The molecule has 15 heavy (non-hydrogen) atoms. The summed E-state index contributed by atoms with van der Waals surface area (Å²) < 4.78 is 0. The van der Waals surface area contributed by atoms with Crippen molar-refractivity contribution < 1.29 is 0 Å². The summed E-state index contributed by atoms with van der Waals surface area (Å²) in [6, 6.07) is 0.843. The van der Waals surface area contributed by atoms with Gasteiger partial charge in [0.25, 0.3) is 0 Å². The van der Waals surface area contributed by atoms with E-state index >= 15 is 0 Å². The third kappa shape index (κ3) is 2.94. The molecule has 0 spiro atoms. The van der Waals surface area contributed by atoms with E-state index in [0.717, 1.165) is 6.04 Å². The lowest BCUT2D eigenvalue weighted by atomic mass is 9.78. The van der Waals surface area contributed by atoms with Crippen LogP contribution in [0, 0.1) is 0 Å². The molecule has 2 fully saturated rings. The highest BCUT2D eigenvalue weighted by atomic mass is 15.1. The first-order chi connectivity index (χ1) is 7.20. The molecule has 1 saturated carbocycles. The predicted octanol–water partition coefficient (Wildman–Crippen LogP) is 2.39. The van der Waals surface area contributed by atoms with Gasteiger partial charge in [-0.15, -0.1) is 0 Å². The second-order valence-electron chi connectivity index (χ2n) is 5.76. The molecule has 1 aliphatic carbocycles. The Bertz CT molecular complexity index is 199. The predicted molar refractivity (Wildman–Crippen MR) is 65.1 cm³/mol. The van der Waals surface area contributed by atoms with Gasteiger partial charge in [-0.3, -0.25) is 0 Å². The van der Waals surface area contributed by atoms with Gasteiger partial charge in [0.2, 0.25) is 0 Å². The fourth-order valence-electron chi connectivity index (χ4n) is 2.93. The van der Waals surface area contributed by atoms with E-state index in [9.17, 15) is 0 Å². The van der Waals surface area contributed by atoms with Gasteiger partial charge in [0.15, 0.2) is 0 Å². The maximum absolute atomic E-state index is 3.74. The highest BCUT2D eigenvalue weighted by molar-refractivity contribution is 4.91. The zero-order valence-corrected chi connectivity index (χ0v) is 10.4. The van der Waals surface area contributed by atoms with E-state index in [1.807, 2.05) is 0 Å². The van der Waals surface area contributed by atoms with E-state index in [1.54, 1.807) is 0 Å². The Hall–Kier alpha value is -0.0800. The molecule has 88 valence electrons. The molecule has 2 heteroatoms. The minimum Gasteiger partial charge on any atom is -0.311 e. The topological polar surface area (TPSA) is 15.3 Å². The zero-order chi connectivity index (χ0) is 10.7. The van der Waals surface area contributed by atoms with Crippen LogP contribution in [-0.4, -0.2) is 36.6 Å². The summed E-state index contributed by atoms with van der Waals surface area (Å²) >= 11 is 0. The van der Waals surface area contributed by atoms with E-state index in [2.05, 4.69) is 24.2 Å². The summed E-state index contributed by atoms with van der Waals surface area (Å²) in [6.07, 6.45) is 9.78. The van der Waals surface area contributed by atoms with E-state index < -0.39 is 0 Å². The quantitative estimate of drug-likeness (QED) is 0.766. The van der Waals surface area contributed by atoms with Gasteiger partial charge in [-0.1, -0.05) is 6.42 Å². The fourth-order valence-corrected chi connectivity index (χ4v) is 2.93. The minimum absolute atomic E-state index is 0.493. The number of nitrogens with one attached hydrogen (secondary N) is 1. The Morgan fingerprint density at radius 3 is 2.67 bits per heavy atom. The Morgan fingerprint density at radius 1 is 1.27 bits per heavy atom. The van der Waals surface area contributed by atoms with Crippen LogP contribution >= 0.6 is 0 Å². The molecular weight excluding hydrogens is 184 g/mol. The van der Waals surface area contributed by atoms with Gasteiger partial charge < -0.3 is 10.2 Å². The normalized spacial score (nSPS) is 31.2. The molecule has 0 aromatic carbocycles. The maximum atomic E-state index is 3.74. The molecular formula is C13H26N2. The molecule has 2 rings (SSSR count). The van der Waals surface area contributed by atoms with Gasteiger partial charge in [0.05, 0.1) is 0 Å². The molecule has 0 radical (unpaired) electrons. The maximum Gasteiger partial charge on any atom is 0.0153 e. The molecule has 1 unspecified atom stereocenters. The average Bonchev–Trinajstić information content (AvgIpc) is 2.18. The summed E-state index contributed by atoms with van der Waals surface area (Å²) in [5.41, 5.74) is 0.493. The molecule has 0 aromatic heterocycles. The van der Waals surface area contributed by atoms with Crippen molar-refractivity contribution in [2.75, 3.05) is 20.1 Å². The Morgan fingerprint density at radius 2 is 2.07 bits per heavy atom. The third-order valence-corrected chi connectivity index (χ3v) is 4.41. The number of rotatable bonds is 4. The van der Waals surface area contributed by atoms with Crippen molar-refractivity contribution in [3.05, 3.63) is 0 Å². The van der Waals surface area contributed by atoms with Crippen LogP contribution < -0.4 is 5.32 Å². The van der Waals surface area contributed by atoms with Crippen molar-refractivity contribution in [1.82, 2.24) is 10.2 Å². The van der Waals surface area contributed by atoms with E-state index in [4.69, 9.17) is 0 Å². The molecule has 0 aromatic rings. The minimum atomic E-state index is 0.493. The first-order valence-corrected chi connectivity index (χ1v) is 6.65. The number of nitrogens with zero attached hydrogens (tertiary/aromatic N) is 1. The summed E-state index contributed by atoms with van der Waals surface area (Å²) in [5.74, 6) is 0. The van der Waals surface area contributed by atoms with E-state index in [0.29, 0.717) is 5.54 Å². The van der Waals surface area contributed by atoms with E-state index in [1.165, 1.54) is 58.0 Å². The van der Waals surface area contributed by atoms with Crippen LogP contribution in [0.5, 0.6) is 0 Å². The van der Waals surface area contributed by atoms with Gasteiger partial charge in [-0.2, -0.15) is 0 Å². The molecule has 1 saturated heterocycles. The summed E-state index contributed by atoms with van der Waals surface area (Å²) in [7, 11) is 2.29. The third-order valence-electron chi connectivity index (χ3n) is 4.41. The van der Waals surface area contributed by atoms with Crippen LogP contribution in [-0.2, 0) is 0 Å². The highest BCUT2D eigenvalue weighted by Crippen LogP contribution is 2.31. The van der Waals surface area contributed by atoms with Crippen LogP contribution in [0.25, 0.3) is 0 Å². The Balaban J connectivity index is 1.64. The van der Waals surface area contributed by atoms with Crippen LogP contribution in [0.2, 0.25) is 0 Å². The Labute approximate surface area is 94.4 Å². The van der Waals surface area contributed by atoms with Crippen LogP contribution in [0.15, 0.2) is 0 Å². The monoisotopic (exact) mass is 210 g/mol. The standard InChI is InChI=1S/C13H26N2/c1-13(8-5-9-13)14-10-7-12-6-3-4-11-15(12)2/h12,14H,3-11H2,1-2H3. The van der Waals surface area contributed by atoms with Crippen molar-refractivity contribution in [2.45, 2.75) is 63.5 Å². The van der Waals surface area contributed by atoms with Crippen molar-refractivity contribution in [2.24, 2.45) is 0 Å². The zero-order valence-electron chi connectivity index (χ0n) is 10.4. The van der Waals surface area contributed by atoms with Crippen molar-refractivity contribution >= 4 is 0 Å². The first-order valence-electron chi connectivity index (χ1n) is 6.65. The largest absolute Gasteiger partial charge is 0.311 e. The molecule has 1 N–H and O–H groups in total. The van der Waals surface area contributed by atoms with Crippen LogP contribution in [0.1, 0.15) is 51.9 Å². The second kappa shape index (κ2) is 4.84. The van der Waals surface area contributed by atoms with E-state index in [-0.39, 0.29) is 0 Å². The fraction of sp³-hybridized carbons (Fsp3) is 1.00. The van der Waals surface area contributed by atoms with Gasteiger partial charge in [-0.05, 0) is 65.6 Å². The molecule has 0 amide bonds. The average molecular weight is 210 g/mol. The first kappa shape index (κ1) is 11.4. The molecule has 1 atom stereocenters. The lowest BCUT2D eigenvalue weighted by Gasteiger charge is -2.40. The molecule has 1 aliphatic heterocycles. The van der Waals surface area contributed by atoms with Crippen molar-refractivity contribution in [3.63, 3.8) is 0 Å². The van der Waals surface area contributed by atoms with Crippen LogP contribution in [0.3, 0.4) is 0 Å². The number of hydrogen-bond donors (Lipinski definition) is 1. The lowest BCUT2D eigenvalue weighted by molar-refractivity contribution is 0.158. The van der Waals surface area contributed by atoms with Crippen LogP contribution in [0.4, 0.5) is 0 Å². The van der Waals surface area contributed by atoms with Crippen molar-refractivity contribution in [1.29, 1.82) is 0 Å². The summed E-state index contributed by atoms with van der Waals surface area (Å²) in [4.78, 5) is 2.55. The summed E-state index contributed by atoms with van der Waals surface area (Å²) in [6.45, 7) is 4.90. The molecule has 0 bridgehead atoms. The van der Waals surface area contributed by atoms with Gasteiger partial charge >= 0.3 is 0 Å². The number of piperidine rings is 1. The smallest absolute Gasteiger partial charge is 0.0153 e. The van der Waals surface area contributed by atoms with Gasteiger partial charge in [0.1, 0.15) is 0 Å². The number of likely N-dealkylation sites (tertiary alicyclic amines) is 1. The van der Waals surface area contributed by atoms with Gasteiger partial charge in [-0.25, -0.2) is 0 Å².